The van der Waals surface area contributed by atoms with Crippen molar-refractivity contribution >= 4 is 11.9 Å². The number of allylic oxidation sites excluding steroid dienone is 1. The molecule has 0 aromatic carbocycles. The average Bonchev–Trinajstić information content (AvgIpc) is 2.24. The Hall–Kier alpha value is -1.36. The highest BCUT2D eigenvalue weighted by atomic mass is 16.5. The van der Waals surface area contributed by atoms with Gasteiger partial charge in [-0.15, -0.1) is 0 Å². The van der Waals surface area contributed by atoms with Gasteiger partial charge in [0.15, 0.2) is 0 Å². The van der Waals surface area contributed by atoms with E-state index < -0.39 is 12.0 Å². The Morgan fingerprint density at radius 1 is 1.25 bits per heavy atom. The van der Waals surface area contributed by atoms with Crippen molar-refractivity contribution in [2.45, 2.75) is 32.7 Å². The number of esters is 2. The average molecular weight is 229 g/mol. The topological polar surface area (TPSA) is 78.6 Å². The van der Waals surface area contributed by atoms with Crippen LogP contribution in [-0.2, 0) is 19.1 Å². The van der Waals surface area contributed by atoms with Crippen LogP contribution >= 0.6 is 0 Å². The second-order valence-corrected chi connectivity index (χ2v) is 3.09. The molecule has 2 N–H and O–H groups in total. The third-order valence-electron chi connectivity index (χ3n) is 1.77. The van der Waals surface area contributed by atoms with Crippen LogP contribution in [0.5, 0.6) is 0 Å². The van der Waals surface area contributed by atoms with Crippen LogP contribution in [0.25, 0.3) is 0 Å². The zero-order chi connectivity index (χ0) is 12.4. The number of rotatable bonds is 7. The number of hydrogen-bond acceptors (Lipinski definition) is 5. The molecule has 5 heteroatoms. The minimum atomic E-state index is -0.633. The second-order valence-electron chi connectivity index (χ2n) is 3.09. The molecule has 0 unspecified atom stereocenters. The molecular formula is C11H19NO4. The molecule has 0 rings (SSSR count). The van der Waals surface area contributed by atoms with Crippen LogP contribution in [0.3, 0.4) is 0 Å². The standard InChI is InChI=1S/C11H19NO4/c1-3-15-10(13)8-6-5-7-9(12)11(14)16-4-2/h6,8-9H,3-5,7,12H2,1-2H3/t9-/m0/s1. The van der Waals surface area contributed by atoms with E-state index in [0.717, 1.165) is 0 Å². The van der Waals surface area contributed by atoms with Crippen LogP contribution < -0.4 is 5.73 Å². The molecule has 0 heterocycles. The largest absolute Gasteiger partial charge is 0.465 e. The maximum atomic E-state index is 11.1. The Kier molecular flexibility index (Phi) is 8.15. The molecule has 0 aliphatic carbocycles. The third kappa shape index (κ3) is 7.00. The van der Waals surface area contributed by atoms with E-state index in [9.17, 15) is 9.59 Å². The van der Waals surface area contributed by atoms with E-state index >= 15 is 0 Å². The van der Waals surface area contributed by atoms with Crippen molar-refractivity contribution in [3.05, 3.63) is 12.2 Å². The summed E-state index contributed by atoms with van der Waals surface area (Å²) in [7, 11) is 0. The molecule has 0 aliphatic heterocycles. The number of ether oxygens (including phenoxy) is 2. The predicted molar refractivity (Wildman–Crippen MR) is 59.6 cm³/mol. The Morgan fingerprint density at radius 2 is 1.88 bits per heavy atom. The summed E-state index contributed by atoms with van der Waals surface area (Å²) in [6.07, 6.45) is 3.96. The predicted octanol–water partition coefficient (Wildman–Crippen LogP) is 0.776. The molecule has 0 spiro atoms. The summed E-state index contributed by atoms with van der Waals surface area (Å²) in [4.78, 5) is 22.0. The molecular weight excluding hydrogens is 210 g/mol. The molecule has 0 aromatic heterocycles. The number of hydrogen-bond donors (Lipinski definition) is 1. The quantitative estimate of drug-likeness (QED) is 0.515. The molecule has 1 atom stereocenters. The summed E-state index contributed by atoms with van der Waals surface area (Å²) >= 11 is 0. The van der Waals surface area contributed by atoms with Crippen LogP contribution in [0.4, 0.5) is 0 Å². The van der Waals surface area contributed by atoms with Gasteiger partial charge in [0.05, 0.1) is 13.2 Å². The fourth-order valence-electron chi connectivity index (χ4n) is 1.01. The first-order chi connectivity index (χ1) is 7.61. The second kappa shape index (κ2) is 8.91. The zero-order valence-electron chi connectivity index (χ0n) is 9.77. The van der Waals surface area contributed by atoms with Gasteiger partial charge in [-0.2, -0.15) is 0 Å². The van der Waals surface area contributed by atoms with Gasteiger partial charge in [-0.3, -0.25) is 4.79 Å². The number of carbonyl (C=O) groups is 2. The molecule has 0 aliphatic rings. The van der Waals surface area contributed by atoms with E-state index in [1.54, 1.807) is 19.9 Å². The van der Waals surface area contributed by atoms with Gasteiger partial charge >= 0.3 is 11.9 Å². The highest BCUT2D eigenvalue weighted by molar-refractivity contribution is 5.81. The molecule has 92 valence electrons. The molecule has 5 nitrogen and oxygen atoms in total. The van der Waals surface area contributed by atoms with Crippen LogP contribution in [-0.4, -0.2) is 31.2 Å². The molecule has 0 aromatic rings. The minimum absolute atomic E-state index is 0.325. The summed E-state index contributed by atoms with van der Waals surface area (Å²) in [5.74, 6) is -0.792. The summed E-state index contributed by atoms with van der Waals surface area (Å²) in [5, 5.41) is 0. The summed E-state index contributed by atoms with van der Waals surface area (Å²) in [6.45, 7) is 4.14. The molecule has 16 heavy (non-hydrogen) atoms. The van der Waals surface area contributed by atoms with E-state index in [4.69, 9.17) is 10.5 Å². The Labute approximate surface area is 95.6 Å². The van der Waals surface area contributed by atoms with E-state index in [2.05, 4.69) is 4.74 Å². The Bertz CT molecular complexity index is 250. The van der Waals surface area contributed by atoms with E-state index in [1.165, 1.54) is 6.08 Å². The van der Waals surface area contributed by atoms with Crippen LogP contribution in [0, 0.1) is 0 Å². The van der Waals surface area contributed by atoms with Gasteiger partial charge in [0.2, 0.25) is 0 Å². The maximum absolute atomic E-state index is 11.1. The summed E-state index contributed by atoms with van der Waals surface area (Å²) in [5.41, 5.74) is 5.55. The lowest BCUT2D eigenvalue weighted by atomic mass is 10.1. The SMILES string of the molecule is CCOC(=O)C=CCC[C@H](N)C(=O)OCC. The lowest BCUT2D eigenvalue weighted by molar-refractivity contribution is -0.144. The van der Waals surface area contributed by atoms with Gasteiger partial charge < -0.3 is 15.2 Å². The summed E-state index contributed by atoms with van der Waals surface area (Å²) < 4.78 is 9.43. The van der Waals surface area contributed by atoms with Gasteiger partial charge in [-0.25, -0.2) is 4.79 Å². The molecule has 0 bridgehead atoms. The fraction of sp³-hybridized carbons (Fsp3) is 0.636. The van der Waals surface area contributed by atoms with Crippen LogP contribution in [0.15, 0.2) is 12.2 Å². The first kappa shape index (κ1) is 14.6. The fourth-order valence-corrected chi connectivity index (χ4v) is 1.01. The Balaban J connectivity index is 3.72. The smallest absolute Gasteiger partial charge is 0.330 e. The lowest BCUT2D eigenvalue weighted by Crippen LogP contribution is -2.32. The first-order valence-electron chi connectivity index (χ1n) is 5.37. The minimum Gasteiger partial charge on any atom is -0.465 e. The highest BCUT2D eigenvalue weighted by Gasteiger charge is 2.12. The molecule has 0 saturated carbocycles. The first-order valence-corrected chi connectivity index (χ1v) is 5.37. The van der Waals surface area contributed by atoms with Crippen molar-refractivity contribution in [1.82, 2.24) is 0 Å². The van der Waals surface area contributed by atoms with Crippen LogP contribution in [0.1, 0.15) is 26.7 Å². The van der Waals surface area contributed by atoms with Gasteiger partial charge in [-0.1, -0.05) is 6.08 Å². The number of carbonyl (C=O) groups excluding carboxylic acids is 2. The maximum Gasteiger partial charge on any atom is 0.330 e. The molecule has 0 amide bonds. The summed E-state index contributed by atoms with van der Waals surface area (Å²) in [6, 6.07) is -0.633. The van der Waals surface area contributed by atoms with Crippen molar-refractivity contribution in [2.75, 3.05) is 13.2 Å². The zero-order valence-corrected chi connectivity index (χ0v) is 9.77. The van der Waals surface area contributed by atoms with E-state index in [0.29, 0.717) is 26.1 Å². The highest BCUT2D eigenvalue weighted by Crippen LogP contribution is 1.98. The van der Waals surface area contributed by atoms with Gasteiger partial charge in [0, 0.05) is 6.08 Å². The molecule has 0 saturated heterocycles. The van der Waals surface area contributed by atoms with Gasteiger partial charge in [0.25, 0.3) is 0 Å². The van der Waals surface area contributed by atoms with Crippen molar-refractivity contribution < 1.29 is 19.1 Å². The van der Waals surface area contributed by atoms with Gasteiger partial charge in [-0.05, 0) is 26.7 Å². The van der Waals surface area contributed by atoms with Crippen molar-refractivity contribution in [3.63, 3.8) is 0 Å². The third-order valence-corrected chi connectivity index (χ3v) is 1.77. The van der Waals surface area contributed by atoms with E-state index in [1.807, 2.05) is 0 Å². The van der Waals surface area contributed by atoms with Gasteiger partial charge in [0.1, 0.15) is 6.04 Å². The molecule has 0 radical (unpaired) electrons. The van der Waals surface area contributed by atoms with Crippen molar-refractivity contribution in [3.8, 4) is 0 Å². The normalized spacial score (nSPS) is 12.4. The van der Waals surface area contributed by atoms with E-state index in [-0.39, 0.29) is 5.97 Å². The monoisotopic (exact) mass is 229 g/mol. The van der Waals surface area contributed by atoms with Crippen molar-refractivity contribution in [1.29, 1.82) is 0 Å². The van der Waals surface area contributed by atoms with Crippen LogP contribution in [0.2, 0.25) is 0 Å². The Morgan fingerprint density at radius 3 is 2.44 bits per heavy atom. The number of nitrogens with two attached hydrogens (primary N) is 1. The molecule has 0 fully saturated rings. The van der Waals surface area contributed by atoms with Crippen molar-refractivity contribution in [2.24, 2.45) is 5.73 Å². The lowest BCUT2D eigenvalue weighted by Gasteiger charge is -2.08.